The Morgan fingerprint density at radius 2 is 2.22 bits per heavy atom. The van der Waals surface area contributed by atoms with Gasteiger partial charge in [0.2, 0.25) is 0 Å². The largest absolute Gasteiger partial charge is 0.292 e. The zero-order valence-corrected chi connectivity index (χ0v) is 10.7. The minimum atomic E-state index is -0.486. The lowest BCUT2D eigenvalue weighted by Gasteiger charge is -2.04. The van der Waals surface area contributed by atoms with Crippen LogP contribution in [0, 0.1) is 5.82 Å². The molecule has 2 rings (SSSR count). The fourth-order valence-corrected chi connectivity index (χ4v) is 1.79. The zero-order chi connectivity index (χ0) is 13.1. The number of Topliss-reactive ketones (excluding diaryl/α,β-unsaturated/α-hetero) is 1. The van der Waals surface area contributed by atoms with E-state index in [9.17, 15) is 14.0 Å². The van der Waals surface area contributed by atoms with E-state index < -0.39 is 5.82 Å². The Morgan fingerprint density at radius 3 is 2.94 bits per heavy atom. The lowest BCUT2D eigenvalue weighted by Crippen LogP contribution is -2.24. The fourth-order valence-electron chi connectivity index (χ4n) is 1.44. The van der Waals surface area contributed by atoms with Gasteiger partial charge < -0.3 is 0 Å². The van der Waals surface area contributed by atoms with Crippen LogP contribution in [0.4, 0.5) is 4.39 Å². The molecular weight excluding hydrogens is 303 g/mol. The molecule has 0 saturated carbocycles. The van der Waals surface area contributed by atoms with Gasteiger partial charge in [0.1, 0.15) is 10.3 Å². The minimum Gasteiger partial charge on any atom is -0.292 e. The Kier molecular flexibility index (Phi) is 3.66. The van der Waals surface area contributed by atoms with Gasteiger partial charge in [-0.3, -0.25) is 14.2 Å². The van der Waals surface area contributed by atoms with Crippen LogP contribution in [-0.2, 0) is 6.54 Å². The second kappa shape index (κ2) is 5.22. The van der Waals surface area contributed by atoms with Crippen LogP contribution in [0.5, 0.6) is 0 Å². The van der Waals surface area contributed by atoms with Crippen LogP contribution in [-0.4, -0.2) is 15.3 Å². The quantitative estimate of drug-likeness (QED) is 0.815. The van der Waals surface area contributed by atoms with E-state index in [0.717, 1.165) is 10.6 Å². The monoisotopic (exact) mass is 310 g/mol. The summed E-state index contributed by atoms with van der Waals surface area (Å²) in [7, 11) is 0. The molecule has 1 heterocycles. The maximum atomic E-state index is 13.0. The first-order chi connectivity index (χ1) is 8.58. The number of carbonyl (C=O) groups is 1. The van der Waals surface area contributed by atoms with Gasteiger partial charge >= 0.3 is 0 Å². The van der Waals surface area contributed by atoms with Crippen molar-refractivity contribution in [3.8, 4) is 0 Å². The van der Waals surface area contributed by atoms with Crippen molar-refractivity contribution in [3.63, 3.8) is 0 Å². The summed E-state index contributed by atoms with van der Waals surface area (Å²) in [6, 6.07) is 5.34. The zero-order valence-electron chi connectivity index (χ0n) is 9.14. The number of hydrogen-bond acceptors (Lipinski definition) is 3. The lowest BCUT2D eigenvalue weighted by molar-refractivity contribution is 0.0970. The molecule has 4 nitrogen and oxygen atoms in total. The second-order valence-electron chi connectivity index (χ2n) is 3.61. The molecule has 1 aromatic heterocycles. The molecule has 0 radical (unpaired) electrons. The predicted octanol–water partition coefficient (Wildman–Crippen LogP) is 2.03. The van der Waals surface area contributed by atoms with Gasteiger partial charge in [0.25, 0.3) is 5.56 Å². The average Bonchev–Trinajstić information content (AvgIpc) is 2.35. The maximum absolute atomic E-state index is 13.0. The molecule has 18 heavy (non-hydrogen) atoms. The Labute approximate surface area is 110 Å². The van der Waals surface area contributed by atoms with Crippen molar-refractivity contribution in [2.75, 3.05) is 0 Å². The van der Waals surface area contributed by atoms with E-state index in [4.69, 9.17) is 0 Å². The first-order valence-electron chi connectivity index (χ1n) is 5.06. The van der Waals surface area contributed by atoms with Gasteiger partial charge in [-0.15, -0.1) is 0 Å². The molecule has 0 saturated heterocycles. The molecule has 1 aromatic carbocycles. The number of halogens is 2. The van der Waals surface area contributed by atoms with Crippen LogP contribution < -0.4 is 5.56 Å². The Balaban J connectivity index is 2.27. The summed E-state index contributed by atoms with van der Waals surface area (Å²) >= 11 is 3.04. The molecule has 0 aliphatic rings. The van der Waals surface area contributed by atoms with E-state index in [1.54, 1.807) is 0 Å². The third kappa shape index (κ3) is 2.70. The first-order valence-corrected chi connectivity index (χ1v) is 5.86. The molecule has 0 amide bonds. The summed E-state index contributed by atoms with van der Waals surface area (Å²) in [6.07, 6.45) is 2.62. The smallest absolute Gasteiger partial charge is 0.268 e. The van der Waals surface area contributed by atoms with Gasteiger partial charge in [-0.05, 0) is 28.1 Å². The molecule has 2 aromatic rings. The molecule has 0 N–H and O–H groups in total. The summed E-state index contributed by atoms with van der Waals surface area (Å²) in [5, 5.41) is 0. The molecule has 6 heteroatoms. The molecule has 92 valence electrons. The molecule has 0 atom stereocenters. The van der Waals surface area contributed by atoms with Gasteiger partial charge in [-0.25, -0.2) is 9.37 Å². The van der Waals surface area contributed by atoms with Crippen molar-refractivity contribution in [1.29, 1.82) is 0 Å². The molecule has 0 aliphatic carbocycles. The molecule has 0 spiro atoms. The van der Waals surface area contributed by atoms with Gasteiger partial charge in [0.05, 0.1) is 12.9 Å². The van der Waals surface area contributed by atoms with Gasteiger partial charge in [-0.2, -0.15) is 0 Å². The van der Waals surface area contributed by atoms with E-state index in [0.29, 0.717) is 0 Å². The highest BCUT2D eigenvalue weighted by Crippen LogP contribution is 2.06. The number of nitrogens with zero attached hydrogens (tertiary/aromatic N) is 2. The summed E-state index contributed by atoms with van der Waals surface area (Å²) in [5.74, 6) is -0.836. The number of hydrogen-bond donors (Lipinski definition) is 0. The van der Waals surface area contributed by atoms with Crippen molar-refractivity contribution in [3.05, 3.63) is 63.0 Å². The second-order valence-corrected chi connectivity index (χ2v) is 4.46. The Bertz CT molecular complexity index is 655. The summed E-state index contributed by atoms with van der Waals surface area (Å²) in [5.41, 5.74) is -0.128. The average molecular weight is 311 g/mol. The van der Waals surface area contributed by atoms with E-state index in [1.807, 2.05) is 0 Å². The van der Waals surface area contributed by atoms with Crippen molar-refractivity contribution in [2.45, 2.75) is 6.54 Å². The molecule has 0 bridgehead atoms. The highest BCUT2D eigenvalue weighted by atomic mass is 79.9. The van der Waals surface area contributed by atoms with Gasteiger partial charge in [-0.1, -0.05) is 12.1 Å². The highest BCUT2D eigenvalue weighted by molar-refractivity contribution is 9.10. The first kappa shape index (κ1) is 12.6. The van der Waals surface area contributed by atoms with Crippen molar-refractivity contribution in [2.24, 2.45) is 0 Å². The van der Waals surface area contributed by atoms with Gasteiger partial charge in [0, 0.05) is 11.8 Å². The fraction of sp³-hybridized carbons (Fsp3) is 0.0833. The molecule has 0 aliphatic heterocycles. The molecular formula is C12H8BrFN2O2. The van der Waals surface area contributed by atoms with Crippen LogP contribution in [0.15, 0.2) is 46.1 Å². The van der Waals surface area contributed by atoms with Crippen LogP contribution in [0.2, 0.25) is 0 Å². The lowest BCUT2D eigenvalue weighted by atomic mass is 10.1. The standard InChI is InChI=1S/C12H8BrFN2O2/c13-10-5-15-7-16(12(10)18)6-11(17)8-2-1-3-9(14)4-8/h1-5,7H,6H2. The number of carbonyl (C=O) groups excluding carboxylic acids is 1. The summed E-state index contributed by atoms with van der Waals surface area (Å²) < 4.78 is 14.4. The maximum Gasteiger partial charge on any atom is 0.268 e. The summed E-state index contributed by atoms with van der Waals surface area (Å²) in [6.45, 7) is -0.172. The van der Waals surface area contributed by atoms with Crippen molar-refractivity contribution >= 4 is 21.7 Å². The summed E-state index contributed by atoms with van der Waals surface area (Å²) in [4.78, 5) is 27.3. The van der Waals surface area contributed by atoms with E-state index in [-0.39, 0.29) is 27.9 Å². The van der Waals surface area contributed by atoms with Crippen LogP contribution >= 0.6 is 15.9 Å². The highest BCUT2D eigenvalue weighted by Gasteiger charge is 2.09. The third-order valence-electron chi connectivity index (χ3n) is 2.32. The van der Waals surface area contributed by atoms with Crippen LogP contribution in [0.1, 0.15) is 10.4 Å². The normalized spacial score (nSPS) is 10.3. The number of aromatic nitrogens is 2. The van der Waals surface area contributed by atoms with Crippen molar-refractivity contribution < 1.29 is 9.18 Å². The topological polar surface area (TPSA) is 52.0 Å². The van der Waals surface area contributed by atoms with Crippen LogP contribution in [0.25, 0.3) is 0 Å². The number of ketones is 1. The molecule has 0 fully saturated rings. The predicted molar refractivity (Wildman–Crippen MR) is 66.9 cm³/mol. The van der Waals surface area contributed by atoms with E-state index >= 15 is 0 Å². The number of rotatable bonds is 3. The van der Waals surface area contributed by atoms with Crippen LogP contribution in [0.3, 0.4) is 0 Å². The van der Waals surface area contributed by atoms with Gasteiger partial charge in [0.15, 0.2) is 5.78 Å². The van der Waals surface area contributed by atoms with Crippen molar-refractivity contribution in [1.82, 2.24) is 9.55 Å². The number of benzene rings is 1. The van der Waals surface area contributed by atoms with E-state index in [2.05, 4.69) is 20.9 Å². The molecule has 0 unspecified atom stereocenters. The Hall–Kier alpha value is -1.82. The van der Waals surface area contributed by atoms with E-state index in [1.165, 1.54) is 30.7 Å². The SMILES string of the molecule is O=C(Cn1cncc(Br)c1=O)c1cccc(F)c1. The Morgan fingerprint density at radius 1 is 1.44 bits per heavy atom. The minimum absolute atomic E-state index is 0.172. The third-order valence-corrected chi connectivity index (χ3v) is 2.86.